The van der Waals surface area contributed by atoms with Crippen molar-refractivity contribution in [1.29, 1.82) is 0 Å². The zero-order valence-electron chi connectivity index (χ0n) is 11.1. The Kier molecular flexibility index (Phi) is 4.57. The maximum absolute atomic E-state index is 3.21. The lowest BCUT2D eigenvalue weighted by atomic mass is 10.1. The van der Waals surface area contributed by atoms with Gasteiger partial charge >= 0.3 is 0 Å². The Balaban J connectivity index is 2.00. The van der Waals surface area contributed by atoms with Crippen LogP contribution in [0.25, 0.3) is 0 Å². The molecular formula is C15H24N2. The minimum atomic E-state index is 0.808. The van der Waals surface area contributed by atoms with Gasteiger partial charge in [-0.3, -0.25) is 4.90 Å². The summed E-state index contributed by atoms with van der Waals surface area (Å²) in [5.41, 5.74) is 2.84. The molecule has 0 spiro atoms. The Labute approximate surface area is 105 Å². The van der Waals surface area contributed by atoms with E-state index in [4.69, 9.17) is 0 Å². The third-order valence-electron chi connectivity index (χ3n) is 3.73. The van der Waals surface area contributed by atoms with Crippen LogP contribution in [0.4, 0.5) is 0 Å². The van der Waals surface area contributed by atoms with Gasteiger partial charge in [-0.2, -0.15) is 0 Å². The summed E-state index contributed by atoms with van der Waals surface area (Å²) in [6.07, 6.45) is 4.04. The van der Waals surface area contributed by atoms with Crippen molar-refractivity contribution < 1.29 is 0 Å². The maximum Gasteiger partial charge on any atom is 0.0236 e. The zero-order valence-corrected chi connectivity index (χ0v) is 11.1. The smallest absolute Gasteiger partial charge is 0.0236 e. The van der Waals surface area contributed by atoms with Crippen molar-refractivity contribution in [3.63, 3.8) is 0 Å². The fourth-order valence-corrected chi connectivity index (χ4v) is 2.84. The summed E-state index contributed by atoms with van der Waals surface area (Å²) in [5.74, 6) is 0. The van der Waals surface area contributed by atoms with Gasteiger partial charge in [-0.05, 0) is 44.0 Å². The minimum Gasteiger partial charge on any atom is -0.316 e. The number of hydrogen-bond donors (Lipinski definition) is 1. The minimum absolute atomic E-state index is 0.808. The van der Waals surface area contributed by atoms with Crippen molar-refractivity contribution in [1.82, 2.24) is 10.2 Å². The summed E-state index contributed by atoms with van der Waals surface area (Å²) >= 11 is 0. The molecule has 94 valence electrons. The van der Waals surface area contributed by atoms with Crippen molar-refractivity contribution >= 4 is 0 Å². The molecule has 2 rings (SSSR count). The van der Waals surface area contributed by atoms with Crippen LogP contribution in [0.15, 0.2) is 24.3 Å². The lowest BCUT2D eigenvalue weighted by Gasteiger charge is -2.23. The average molecular weight is 232 g/mol. The summed E-state index contributed by atoms with van der Waals surface area (Å²) < 4.78 is 0. The fourth-order valence-electron chi connectivity index (χ4n) is 2.84. The molecule has 0 amide bonds. The first-order valence-corrected chi connectivity index (χ1v) is 6.80. The highest BCUT2D eigenvalue weighted by molar-refractivity contribution is 5.23. The Hall–Kier alpha value is -0.860. The Morgan fingerprint density at radius 2 is 2.18 bits per heavy atom. The van der Waals surface area contributed by atoms with Gasteiger partial charge in [-0.1, -0.05) is 31.2 Å². The number of hydrogen-bond acceptors (Lipinski definition) is 2. The second kappa shape index (κ2) is 6.18. The first kappa shape index (κ1) is 12.6. The zero-order chi connectivity index (χ0) is 12.1. The predicted molar refractivity (Wildman–Crippen MR) is 72.9 cm³/mol. The summed E-state index contributed by atoms with van der Waals surface area (Å²) in [7, 11) is 2.00. The maximum atomic E-state index is 3.21. The van der Waals surface area contributed by atoms with E-state index in [2.05, 4.69) is 41.4 Å². The summed E-state index contributed by atoms with van der Waals surface area (Å²) in [5, 5.41) is 3.21. The molecule has 1 unspecified atom stereocenters. The van der Waals surface area contributed by atoms with Gasteiger partial charge in [0.2, 0.25) is 0 Å². The molecule has 1 N–H and O–H groups in total. The van der Waals surface area contributed by atoms with Gasteiger partial charge in [0.25, 0.3) is 0 Å². The van der Waals surface area contributed by atoms with E-state index < -0.39 is 0 Å². The monoisotopic (exact) mass is 232 g/mol. The molecule has 1 aliphatic rings. The second-order valence-corrected chi connectivity index (χ2v) is 5.03. The molecular weight excluding hydrogens is 208 g/mol. The molecule has 0 bridgehead atoms. The van der Waals surface area contributed by atoms with E-state index in [1.807, 2.05) is 7.05 Å². The lowest BCUT2D eigenvalue weighted by molar-refractivity contribution is 0.240. The molecule has 1 aliphatic heterocycles. The van der Waals surface area contributed by atoms with E-state index in [1.165, 1.54) is 36.9 Å². The van der Waals surface area contributed by atoms with Crippen molar-refractivity contribution in [2.24, 2.45) is 0 Å². The molecule has 1 atom stereocenters. The number of nitrogens with one attached hydrogen (secondary N) is 1. The lowest BCUT2D eigenvalue weighted by Crippen LogP contribution is -2.28. The van der Waals surface area contributed by atoms with E-state index in [1.54, 1.807) is 0 Å². The van der Waals surface area contributed by atoms with Crippen LogP contribution in [0.1, 0.15) is 37.3 Å². The van der Waals surface area contributed by atoms with Crippen LogP contribution in [0, 0.1) is 0 Å². The van der Waals surface area contributed by atoms with E-state index in [-0.39, 0.29) is 0 Å². The quantitative estimate of drug-likeness (QED) is 0.840. The topological polar surface area (TPSA) is 15.3 Å². The molecule has 0 radical (unpaired) electrons. The Morgan fingerprint density at radius 3 is 2.94 bits per heavy atom. The van der Waals surface area contributed by atoms with Gasteiger partial charge in [0.1, 0.15) is 0 Å². The number of benzene rings is 1. The average Bonchev–Trinajstić information content (AvgIpc) is 2.77. The Morgan fingerprint density at radius 1 is 1.35 bits per heavy atom. The highest BCUT2D eigenvalue weighted by atomic mass is 15.2. The normalized spacial score (nSPS) is 20.9. The molecule has 17 heavy (non-hydrogen) atoms. The standard InChI is InChI=1S/C15H24N2/c1-3-15-8-5-9-17(15)12-14-7-4-6-13(10-14)11-16-2/h4,6-7,10,15-16H,3,5,8-9,11-12H2,1-2H3. The summed E-state index contributed by atoms with van der Waals surface area (Å²) in [6.45, 7) is 5.66. The SMILES string of the molecule is CCC1CCCN1Cc1cccc(CNC)c1. The van der Waals surface area contributed by atoms with Gasteiger partial charge in [-0.25, -0.2) is 0 Å². The summed E-state index contributed by atoms with van der Waals surface area (Å²) in [4.78, 5) is 2.64. The van der Waals surface area contributed by atoms with Gasteiger partial charge in [-0.15, -0.1) is 0 Å². The van der Waals surface area contributed by atoms with Gasteiger partial charge in [0.05, 0.1) is 0 Å². The molecule has 1 aromatic rings. The largest absolute Gasteiger partial charge is 0.316 e. The van der Waals surface area contributed by atoms with E-state index >= 15 is 0 Å². The van der Waals surface area contributed by atoms with Crippen LogP contribution >= 0.6 is 0 Å². The molecule has 2 nitrogen and oxygen atoms in total. The van der Waals surface area contributed by atoms with E-state index in [0.29, 0.717) is 0 Å². The van der Waals surface area contributed by atoms with Gasteiger partial charge < -0.3 is 5.32 Å². The molecule has 0 saturated carbocycles. The van der Waals surface area contributed by atoms with Crippen molar-refractivity contribution in [2.45, 2.75) is 45.3 Å². The molecule has 1 heterocycles. The van der Waals surface area contributed by atoms with E-state index in [0.717, 1.165) is 19.1 Å². The van der Waals surface area contributed by atoms with Crippen LogP contribution in [-0.2, 0) is 13.1 Å². The number of likely N-dealkylation sites (tertiary alicyclic amines) is 1. The fraction of sp³-hybridized carbons (Fsp3) is 0.600. The number of rotatable bonds is 5. The van der Waals surface area contributed by atoms with Crippen molar-refractivity contribution in [2.75, 3.05) is 13.6 Å². The molecule has 0 aliphatic carbocycles. The highest BCUT2D eigenvalue weighted by Crippen LogP contribution is 2.22. The molecule has 1 fully saturated rings. The van der Waals surface area contributed by atoms with Crippen LogP contribution in [0.5, 0.6) is 0 Å². The van der Waals surface area contributed by atoms with E-state index in [9.17, 15) is 0 Å². The molecule has 1 saturated heterocycles. The van der Waals surface area contributed by atoms with Crippen LogP contribution in [-0.4, -0.2) is 24.5 Å². The third kappa shape index (κ3) is 3.30. The first-order chi connectivity index (χ1) is 8.33. The summed E-state index contributed by atoms with van der Waals surface area (Å²) in [6, 6.07) is 9.77. The van der Waals surface area contributed by atoms with Crippen molar-refractivity contribution in [3.8, 4) is 0 Å². The third-order valence-corrected chi connectivity index (χ3v) is 3.73. The molecule has 2 heteroatoms. The second-order valence-electron chi connectivity index (χ2n) is 5.03. The molecule has 1 aromatic carbocycles. The van der Waals surface area contributed by atoms with Crippen LogP contribution < -0.4 is 5.32 Å². The van der Waals surface area contributed by atoms with Gasteiger partial charge in [0, 0.05) is 19.1 Å². The van der Waals surface area contributed by atoms with Crippen molar-refractivity contribution in [3.05, 3.63) is 35.4 Å². The molecule has 0 aromatic heterocycles. The van der Waals surface area contributed by atoms with Gasteiger partial charge in [0.15, 0.2) is 0 Å². The highest BCUT2D eigenvalue weighted by Gasteiger charge is 2.22. The van der Waals surface area contributed by atoms with Crippen LogP contribution in [0.3, 0.4) is 0 Å². The first-order valence-electron chi connectivity index (χ1n) is 6.80. The van der Waals surface area contributed by atoms with Crippen LogP contribution in [0.2, 0.25) is 0 Å². The number of nitrogens with zero attached hydrogens (tertiary/aromatic N) is 1. The Bertz CT molecular complexity index is 349. The predicted octanol–water partition coefficient (Wildman–Crippen LogP) is 2.78.